The first-order chi connectivity index (χ1) is 6.56. The van der Waals surface area contributed by atoms with Crippen LogP contribution in [0.5, 0.6) is 0 Å². The van der Waals surface area contributed by atoms with Crippen LogP contribution in [0.3, 0.4) is 0 Å². The Hall–Kier alpha value is -1.08. The molecule has 7 heteroatoms. The van der Waals surface area contributed by atoms with E-state index in [1.165, 1.54) is 0 Å². The van der Waals surface area contributed by atoms with Gasteiger partial charge in [0.05, 0.1) is 11.9 Å². The summed E-state index contributed by atoms with van der Waals surface area (Å²) in [6.45, 7) is 1.57. The molecule has 0 unspecified atom stereocenters. The third kappa shape index (κ3) is 1.88. The van der Waals surface area contributed by atoms with Crippen molar-refractivity contribution in [2.45, 2.75) is 13.0 Å². The molecule has 14 heavy (non-hydrogen) atoms. The smallest absolute Gasteiger partial charge is 0.231 e. The first-order valence-corrected chi connectivity index (χ1v) is 6.20. The summed E-state index contributed by atoms with van der Waals surface area (Å²) in [6, 6.07) is 0. The summed E-state index contributed by atoms with van der Waals surface area (Å²) >= 11 is 0. The number of nitrogens with zero attached hydrogens (tertiary/aromatic N) is 1. The number of rotatable bonds is 2. The molecule has 0 amide bonds. The number of hydrogen-bond donors (Lipinski definition) is 3. The summed E-state index contributed by atoms with van der Waals surface area (Å²) in [6.07, 6.45) is 1.92. The monoisotopic (exact) mass is 216 g/mol. The molecule has 0 fully saturated rings. The zero-order chi connectivity index (χ0) is 10.2. The van der Waals surface area contributed by atoms with Crippen LogP contribution in [-0.2, 0) is 23.0 Å². The molecule has 1 aliphatic heterocycles. The Morgan fingerprint density at radius 3 is 3.00 bits per heavy atom. The Kier molecular flexibility index (Phi) is 2.20. The molecule has 1 aromatic rings. The second kappa shape index (κ2) is 3.25. The molecule has 78 valence electrons. The molecule has 2 rings (SSSR count). The minimum atomic E-state index is -3.23. The van der Waals surface area contributed by atoms with Gasteiger partial charge in [-0.25, -0.2) is 8.42 Å². The Morgan fingerprint density at radius 2 is 2.29 bits per heavy atom. The van der Waals surface area contributed by atoms with E-state index in [4.69, 9.17) is 0 Å². The van der Waals surface area contributed by atoms with E-state index in [0.717, 1.165) is 30.5 Å². The van der Waals surface area contributed by atoms with Gasteiger partial charge in [-0.3, -0.25) is 9.82 Å². The molecule has 0 radical (unpaired) electrons. The molecule has 1 aliphatic rings. The molecule has 0 atom stereocenters. The highest BCUT2D eigenvalue weighted by molar-refractivity contribution is 7.92. The fraction of sp³-hybridized carbons (Fsp3) is 0.571. The summed E-state index contributed by atoms with van der Waals surface area (Å²) in [5, 5.41) is 9.91. The van der Waals surface area contributed by atoms with Gasteiger partial charge in [-0.2, -0.15) is 5.10 Å². The van der Waals surface area contributed by atoms with Gasteiger partial charge in [0.15, 0.2) is 5.82 Å². The number of anilines is 1. The van der Waals surface area contributed by atoms with E-state index in [0.29, 0.717) is 12.4 Å². The molecule has 0 aromatic carbocycles. The summed E-state index contributed by atoms with van der Waals surface area (Å²) in [7, 11) is -3.23. The highest BCUT2D eigenvalue weighted by Crippen LogP contribution is 2.20. The first kappa shape index (κ1) is 9.47. The van der Waals surface area contributed by atoms with Crippen molar-refractivity contribution in [2.24, 2.45) is 0 Å². The molecule has 6 nitrogen and oxygen atoms in total. The van der Waals surface area contributed by atoms with Gasteiger partial charge in [-0.05, 0) is 13.0 Å². The van der Waals surface area contributed by atoms with Gasteiger partial charge < -0.3 is 5.32 Å². The topological polar surface area (TPSA) is 86.9 Å². The SMILES string of the molecule is CS(=O)(=O)Nc1n[nH]c2c1CCNC2. The lowest BCUT2D eigenvalue weighted by atomic mass is 10.1. The van der Waals surface area contributed by atoms with Crippen molar-refractivity contribution in [2.75, 3.05) is 17.5 Å². The number of aromatic amines is 1. The molecule has 1 aromatic heterocycles. The standard InChI is InChI=1S/C7H12N4O2S/c1-14(12,13)11-7-5-2-3-8-4-6(5)9-10-7/h8H,2-4H2,1H3,(H2,9,10,11). The quantitative estimate of drug-likeness (QED) is 0.617. The van der Waals surface area contributed by atoms with Gasteiger partial charge in [0.25, 0.3) is 0 Å². The number of sulfonamides is 1. The number of hydrogen-bond acceptors (Lipinski definition) is 4. The van der Waals surface area contributed by atoms with Crippen molar-refractivity contribution < 1.29 is 8.42 Å². The van der Waals surface area contributed by atoms with Crippen molar-refractivity contribution in [1.29, 1.82) is 0 Å². The van der Waals surface area contributed by atoms with Crippen molar-refractivity contribution in [3.05, 3.63) is 11.3 Å². The fourth-order valence-corrected chi connectivity index (χ4v) is 2.02. The van der Waals surface area contributed by atoms with E-state index in [1.807, 2.05) is 0 Å². The van der Waals surface area contributed by atoms with Crippen LogP contribution < -0.4 is 10.0 Å². The van der Waals surface area contributed by atoms with E-state index in [1.54, 1.807) is 0 Å². The molecule has 0 saturated heterocycles. The van der Waals surface area contributed by atoms with Gasteiger partial charge in [-0.1, -0.05) is 0 Å². The van der Waals surface area contributed by atoms with Crippen LogP contribution in [-0.4, -0.2) is 31.4 Å². The number of aromatic nitrogens is 2. The van der Waals surface area contributed by atoms with Gasteiger partial charge >= 0.3 is 0 Å². The molecule has 0 aliphatic carbocycles. The van der Waals surface area contributed by atoms with Crippen molar-refractivity contribution in [3.63, 3.8) is 0 Å². The van der Waals surface area contributed by atoms with Crippen molar-refractivity contribution in [1.82, 2.24) is 15.5 Å². The molecule has 3 N–H and O–H groups in total. The van der Waals surface area contributed by atoms with Crippen LogP contribution in [0.25, 0.3) is 0 Å². The van der Waals surface area contributed by atoms with E-state index in [2.05, 4.69) is 20.2 Å². The van der Waals surface area contributed by atoms with Crippen LogP contribution in [0.2, 0.25) is 0 Å². The van der Waals surface area contributed by atoms with E-state index in [-0.39, 0.29) is 0 Å². The minimum absolute atomic E-state index is 0.434. The molecule has 0 saturated carbocycles. The fourth-order valence-electron chi connectivity index (χ4n) is 1.50. The number of fused-ring (bicyclic) bond motifs is 1. The highest BCUT2D eigenvalue weighted by Gasteiger charge is 2.18. The Balaban J connectivity index is 2.31. The lowest BCUT2D eigenvalue weighted by molar-refractivity contribution is 0.606. The lowest BCUT2D eigenvalue weighted by Crippen LogP contribution is -2.24. The molecule has 2 heterocycles. The normalized spacial score (nSPS) is 16.4. The van der Waals surface area contributed by atoms with E-state index < -0.39 is 10.0 Å². The largest absolute Gasteiger partial charge is 0.311 e. The van der Waals surface area contributed by atoms with E-state index in [9.17, 15) is 8.42 Å². The first-order valence-electron chi connectivity index (χ1n) is 4.31. The Labute approximate surface area is 82.1 Å². The number of nitrogens with one attached hydrogen (secondary N) is 3. The summed E-state index contributed by atoms with van der Waals surface area (Å²) < 4.78 is 24.4. The Bertz CT molecular complexity index is 437. The average Bonchev–Trinajstić information content (AvgIpc) is 2.47. The van der Waals surface area contributed by atoms with Crippen LogP contribution in [0.1, 0.15) is 11.3 Å². The second-order valence-electron chi connectivity index (χ2n) is 3.33. The maximum Gasteiger partial charge on any atom is 0.231 e. The molecular formula is C7H12N4O2S. The van der Waals surface area contributed by atoms with Gasteiger partial charge in [0.1, 0.15) is 0 Å². The molecule has 0 spiro atoms. The van der Waals surface area contributed by atoms with Crippen LogP contribution >= 0.6 is 0 Å². The lowest BCUT2D eigenvalue weighted by Gasteiger charge is -2.12. The third-order valence-electron chi connectivity index (χ3n) is 2.09. The van der Waals surface area contributed by atoms with Crippen LogP contribution in [0.4, 0.5) is 5.82 Å². The summed E-state index contributed by atoms with van der Waals surface area (Å²) in [5.74, 6) is 0.434. The molecule has 0 bridgehead atoms. The molecular weight excluding hydrogens is 204 g/mol. The number of H-pyrrole nitrogens is 1. The van der Waals surface area contributed by atoms with Gasteiger partial charge in [0.2, 0.25) is 10.0 Å². The van der Waals surface area contributed by atoms with Gasteiger partial charge in [-0.15, -0.1) is 0 Å². The third-order valence-corrected chi connectivity index (χ3v) is 2.65. The predicted molar refractivity (Wildman–Crippen MR) is 52.5 cm³/mol. The van der Waals surface area contributed by atoms with Crippen LogP contribution in [0.15, 0.2) is 0 Å². The second-order valence-corrected chi connectivity index (χ2v) is 5.08. The van der Waals surface area contributed by atoms with E-state index >= 15 is 0 Å². The Morgan fingerprint density at radius 1 is 1.50 bits per heavy atom. The maximum absolute atomic E-state index is 11.0. The summed E-state index contributed by atoms with van der Waals surface area (Å²) in [4.78, 5) is 0. The zero-order valence-electron chi connectivity index (χ0n) is 7.79. The van der Waals surface area contributed by atoms with Gasteiger partial charge in [0, 0.05) is 12.1 Å². The predicted octanol–water partition coefficient (Wildman–Crippen LogP) is -0.573. The minimum Gasteiger partial charge on any atom is -0.311 e. The van der Waals surface area contributed by atoms with Crippen molar-refractivity contribution >= 4 is 15.8 Å². The zero-order valence-corrected chi connectivity index (χ0v) is 8.61. The van der Waals surface area contributed by atoms with Crippen molar-refractivity contribution in [3.8, 4) is 0 Å². The highest BCUT2D eigenvalue weighted by atomic mass is 32.2. The average molecular weight is 216 g/mol. The summed E-state index contributed by atoms with van der Waals surface area (Å²) in [5.41, 5.74) is 1.93. The van der Waals surface area contributed by atoms with Crippen LogP contribution in [0, 0.1) is 0 Å². The maximum atomic E-state index is 11.0.